The van der Waals surface area contributed by atoms with Crippen LogP contribution in [0.1, 0.15) is 25.8 Å². The van der Waals surface area contributed by atoms with Gasteiger partial charge in [-0.15, -0.1) is 0 Å². The van der Waals surface area contributed by atoms with E-state index in [-0.39, 0.29) is 12.5 Å². The van der Waals surface area contributed by atoms with Gasteiger partial charge in [-0.25, -0.2) is 0 Å². The van der Waals surface area contributed by atoms with Crippen LogP contribution in [-0.4, -0.2) is 30.3 Å². The van der Waals surface area contributed by atoms with Crippen molar-refractivity contribution in [2.75, 3.05) is 19.0 Å². The summed E-state index contributed by atoms with van der Waals surface area (Å²) in [4.78, 5) is 12.3. The normalized spacial score (nSPS) is 13.1. The molecule has 0 aliphatic heterocycles. The number of ether oxygens (including phenoxy) is 1. The van der Waals surface area contributed by atoms with E-state index >= 15 is 0 Å². The molecule has 20 heavy (non-hydrogen) atoms. The fraction of sp³-hybridized carbons (Fsp3) is 0.400. The van der Waals surface area contributed by atoms with Gasteiger partial charge in [-0.1, -0.05) is 30.4 Å². The predicted octanol–water partition coefficient (Wildman–Crippen LogP) is 2.44. The van der Waals surface area contributed by atoms with E-state index in [1.165, 1.54) is 7.11 Å². The van der Waals surface area contributed by atoms with Crippen LogP contribution in [0.3, 0.4) is 0 Å². The highest BCUT2D eigenvalue weighted by molar-refractivity contribution is 6.31. The SMILES string of the molecule is CCC(C)(OC)C(=O)Nc1cc(Cl)ccc1C#CCO. The second-order valence-electron chi connectivity index (χ2n) is 4.39. The number of methoxy groups -OCH3 is 1. The molecule has 0 saturated heterocycles. The molecule has 1 unspecified atom stereocenters. The van der Waals surface area contributed by atoms with Crippen molar-refractivity contribution >= 4 is 23.2 Å². The van der Waals surface area contributed by atoms with E-state index in [1.807, 2.05) is 6.92 Å². The van der Waals surface area contributed by atoms with Crippen LogP contribution >= 0.6 is 11.6 Å². The molecule has 0 aliphatic carbocycles. The molecule has 0 spiro atoms. The van der Waals surface area contributed by atoms with Crippen molar-refractivity contribution in [1.29, 1.82) is 0 Å². The van der Waals surface area contributed by atoms with Gasteiger partial charge in [0.1, 0.15) is 12.2 Å². The summed E-state index contributed by atoms with van der Waals surface area (Å²) in [6, 6.07) is 4.98. The summed E-state index contributed by atoms with van der Waals surface area (Å²) in [7, 11) is 1.49. The van der Waals surface area contributed by atoms with Crippen LogP contribution in [-0.2, 0) is 9.53 Å². The zero-order chi connectivity index (χ0) is 15.2. The van der Waals surface area contributed by atoms with Crippen LogP contribution < -0.4 is 5.32 Å². The Labute approximate surface area is 124 Å². The number of rotatable bonds is 4. The number of aliphatic hydroxyl groups excluding tert-OH is 1. The quantitative estimate of drug-likeness (QED) is 0.839. The molecule has 1 atom stereocenters. The van der Waals surface area contributed by atoms with Crippen LogP contribution in [0, 0.1) is 11.8 Å². The average molecular weight is 296 g/mol. The maximum absolute atomic E-state index is 12.3. The van der Waals surface area contributed by atoms with Gasteiger partial charge in [0, 0.05) is 17.7 Å². The first-order chi connectivity index (χ1) is 9.46. The highest BCUT2D eigenvalue weighted by atomic mass is 35.5. The average Bonchev–Trinajstić information content (AvgIpc) is 2.45. The van der Waals surface area contributed by atoms with Crippen molar-refractivity contribution in [3.63, 3.8) is 0 Å². The van der Waals surface area contributed by atoms with Gasteiger partial charge in [-0.3, -0.25) is 4.79 Å². The van der Waals surface area contributed by atoms with E-state index in [9.17, 15) is 4.79 Å². The molecule has 0 radical (unpaired) electrons. The lowest BCUT2D eigenvalue weighted by Gasteiger charge is -2.25. The third kappa shape index (κ3) is 3.97. The zero-order valence-electron chi connectivity index (χ0n) is 11.8. The van der Waals surface area contributed by atoms with Gasteiger partial charge in [0.05, 0.1) is 5.69 Å². The van der Waals surface area contributed by atoms with Gasteiger partial charge < -0.3 is 15.2 Å². The van der Waals surface area contributed by atoms with Crippen molar-refractivity contribution in [3.05, 3.63) is 28.8 Å². The van der Waals surface area contributed by atoms with Crippen LogP contribution in [0.2, 0.25) is 5.02 Å². The summed E-state index contributed by atoms with van der Waals surface area (Å²) in [6.45, 7) is 3.33. The van der Waals surface area contributed by atoms with E-state index in [2.05, 4.69) is 17.2 Å². The van der Waals surface area contributed by atoms with Crippen molar-refractivity contribution in [2.24, 2.45) is 0 Å². The third-order valence-electron chi connectivity index (χ3n) is 3.14. The summed E-state index contributed by atoms with van der Waals surface area (Å²) < 4.78 is 5.25. The first kappa shape index (κ1) is 16.5. The number of anilines is 1. The van der Waals surface area contributed by atoms with E-state index in [0.717, 1.165) is 0 Å². The summed E-state index contributed by atoms with van der Waals surface area (Å²) in [5.74, 6) is 5.05. The lowest BCUT2D eigenvalue weighted by molar-refractivity contribution is -0.136. The maximum Gasteiger partial charge on any atom is 0.256 e. The molecule has 0 fully saturated rings. The Hall–Kier alpha value is -1.54. The minimum Gasteiger partial charge on any atom is -0.384 e. The molecule has 0 aliphatic rings. The van der Waals surface area contributed by atoms with E-state index in [1.54, 1.807) is 25.1 Å². The summed E-state index contributed by atoms with van der Waals surface area (Å²) >= 11 is 5.94. The molecule has 0 heterocycles. The number of benzene rings is 1. The predicted molar refractivity (Wildman–Crippen MR) is 79.8 cm³/mol. The lowest BCUT2D eigenvalue weighted by Crippen LogP contribution is -2.41. The highest BCUT2D eigenvalue weighted by Gasteiger charge is 2.31. The second-order valence-corrected chi connectivity index (χ2v) is 4.83. The number of carbonyl (C=O) groups is 1. The number of amides is 1. The van der Waals surface area contributed by atoms with E-state index in [0.29, 0.717) is 22.7 Å². The fourth-order valence-electron chi connectivity index (χ4n) is 1.52. The molecule has 108 valence electrons. The molecule has 4 nitrogen and oxygen atoms in total. The number of hydrogen-bond acceptors (Lipinski definition) is 3. The molecule has 5 heteroatoms. The Morgan fingerprint density at radius 1 is 1.55 bits per heavy atom. The van der Waals surface area contributed by atoms with Gasteiger partial charge in [0.15, 0.2) is 0 Å². The van der Waals surface area contributed by atoms with Crippen molar-refractivity contribution < 1.29 is 14.6 Å². The highest BCUT2D eigenvalue weighted by Crippen LogP contribution is 2.23. The van der Waals surface area contributed by atoms with Crippen molar-refractivity contribution in [3.8, 4) is 11.8 Å². The fourth-order valence-corrected chi connectivity index (χ4v) is 1.69. The number of aliphatic hydroxyl groups is 1. The summed E-state index contributed by atoms with van der Waals surface area (Å²) in [6.07, 6.45) is 0.535. The van der Waals surface area contributed by atoms with Crippen LogP contribution in [0.15, 0.2) is 18.2 Å². The Kier molecular flexibility index (Phi) is 6.03. The number of halogens is 1. The molecule has 0 saturated carbocycles. The largest absolute Gasteiger partial charge is 0.384 e. The van der Waals surface area contributed by atoms with Gasteiger partial charge in [0.25, 0.3) is 5.91 Å². The molecule has 1 aromatic carbocycles. The molecular weight excluding hydrogens is 278 g/mol. The van der Waals surface area contributed by atoms with Crippen LogP contribution in [0.4, 0.5) is 5.69 Å². The zero-order valence-corrected chi connectivity index (χ0v) is 12.5. The second kappa shape index (κ2) is 7.30. The van der Waals surface area contributed by atoms with E-state index < -0.39 is 5.60 Å². The Morgan fingerprint density at radius 3 is 2.80 bits per heavy atom. The number of nitrogens with one attached hydrogen (secondary N) is 1. The van der Waals surface area contributed by atoms with Gasteiger partial charge in [-0.2, -0.15) is 0 Å². The van der Waals surface area contributed by atoms with Gasteiger partial charge >= 0.3 is 0 Å². The monoisotopic (exact) mass is 295 g/mol. The summed E-state index contributed by atoms with van der Waals surface area (Å²) in [5, 5.41) is 12.0. The smallest absolute Gasteiger partial charge is 0.256 e. The molecule has 0 bridgehead atoms. The van der Waals surface area contributed by atoms with Crippen LogP contribution in [0.5, 0.6) is 0 Å². The molecule has 1 amide bonds. The maximum atomic E-state index is 12.3. The molecule has 1 aromatic rings. The molecule has 1 rings (SSSR count). The number of carbonyl (C=O) groups excluding carboxylic acids is 1. The summed E-state index contributed by atoms with van der Waals surface area (Å²) in [5.41, 5.74) is 0.177. The van der Waals surface area contributed by atoms with Gasteiger partial charge in [0.2, 0.25) is 0 Å². The van der Waals surface area contributed by atoms with E-state index in [4.69, 9.17) is 21.4 Å². The first-order valence-corrected chi connectivity index (χ1v) is 6.60. The first-order valence-electron chi connectivity index (χ1n) is 6.22. The molecule has 0 aromatic heterocycles. The minimum absolute atomic E-state index is 0.249. The Morgan fingerprint density at radius 2 is 2.25 bits per heavy atom. The van der Waals surface area contributed by atoms with Crippen molar-refractivity contribution in [2.45, 2.75) is 25.9 Å². The van der Waals surface area contributed by atoms with Gasteiger partial charge in [-0.05, 0) is 31.5 Å². The molecule has 2 N–H and O–H groups in total. The topological polar surface area (TPSA) is 58.6 Å². The Balaban J connectivity index is 3.07. The Bertz CT molecular complexity index is 542. The standard InChI is InChI=1S/C15H18ClNO3/c1-4-15(2,20-3)14(19)17-13-10-12(16)8-7-11(13)6-5-9-18/h7-8,10,18H,4,9H2,1-3H3,(H,17,19). The van der Waals surface area contributed by atoms with Crippen LogP contribution in [0.25, 0.3) is 0 Å². The minimum atomic E-state index is -0.913. The third-order valence-corrected chi connectivity index (χ3v) is 3.37. The lowest BCUT2D eigenvalue weighted by atomic mass is 10.0. The number of hydrogen-bond donors (Lipinski definition) is 2. The van der Waals surface area contributed by atoms with Crippen molar-refractivity contribution in [1.82, 2.24) is 0 Å². The molecular formula is C15H18ClNO3.